The van der Waals surface area contributed by atoms with Gasteiger partial charge in [-0.1, -0.05) is 23.9 Å². The lowest BCUT2D eigenvalue weighted by atomic mass is 10.1. The third-order valence-electron chi connectivity index (χ3n) is 3.92. The highest BCUT2D eigenvalue weighted by Gasteiger charge is 2.09. The first-order valence-electron chi connectivity index (χ1n) is 8.29. The minimum atomic E-state index is -0.108. The second-order valence-electron chi connectivity index (χ2n) is 6.06. The van der Waals surface area contributed by atoms with Gasteiger partial charge >= 0.3 is 0 Å². The van der Waals surface area contributed by atoms with E-state index in [1.165, 1.54) is 23.1 Å². The van der Waals surface area contributed by atoms with E-state index in [1.807, 2.05) is 37.4 Å². The minimum absolute atomic E-state index is 0.108. The molecule has 2 N–H and O–H groups in total. The van der Waals surface area contributed by atoms with Gasteiger partial charge in [-0.2, -0.15) is 0 Å². The van der Waals surface area contributed by atoms with Gasteiger partial charge in [0.1, 0.15) is 22.9 Å². The van der Waals surface area contributed by atoms with Crippen molar-refractivity contribution < 1.29 is 4.74 Å². The van der Waals surface area contributed by atoms with Crippen molar-refractivity contribution in [2.45, 2.75) is 31.4 Å². The number of benzene rings is 1. The fraction of sp³-hybridized carbons (Fsp3) is 0.222. The highest BCUT2D eigenvalue weighted by atomic mass is 32.2. The summed E-state index contributed by atoms with van der Waals surface area (Å²) < 4.78 is 6.48. The molecule has 7 nitrogen and oxygen atoms in total. The van der Waals surface area contributed by atoms with Gasteiger partial charge in [0.05, 0.1) is 11.3 Å². The highest BCUT2D eigenvalue weighted by molar-refractivity contribution is 7.98. The van der Waals surface area contributed by atoms with Crippen LogP contribution in [0.5, 0.6) is 5.75 Å². The first kappa shape index (κ1) is 17.7. The Hall–Kier alpha value is -2.65. The molecule has 27 heavy (non-hydrogen) atoms. The fourth-order valence-electron chi connectivity index (χ4n) is 2.54. The molecule has 0 amide bonds. The molecular weight excluding hydrogens is 382 g/mol. The molecule has 138 valence electrons. The summed E-state index contributed by atoms with van der Waals surface area (Å²) in [4.78, 5) is 23.7. The van der Waals surface area contributed by atoms with Crippen LogP contribution in [0.3, 0.4) is 0 Å². The van der Waals surface area contributed by atoms with Crippen LogP contribution in [0.1, 0.15) is 22.8 Å². The number of hydrogen-bond donors (Lipinski definition) is 2. The smallest absolute Gasteiger partial charge is 0.268 e. The first-order valence-corrected chi connectivity index (χ1v) is 10.2. The molecule has 1 aromatic carbocycles. The number of ether oxygens (including phenoxy) is 1. The largest absolute Gasteiger partial charge is 0.485 e. The zero-order valence-electron chi connectivity index (χ0n) is 14.8. The Morgan fingerprint density at radius 2 is 2.07 bits per heavy atom. The predicted molar refractivity (Wildman–Crippen MR) is 106 cm³/mol. The second kappa shape index (κ2) is 7.53. The van der Waals surface area contributed by atoms with E-state index in [0.717, 1.165) is 22.4 Å². The van der Waals surface area contributed by atoms with E-state index in [-0.39, 0.29) is 5.56 Å². The number of fused-ring (bicyclic) bond motifs is 1. The van der Waals surface area contributed by atoms with Crippen molar-refractivity contribution in [1.29, 1.82) is 0 Å². The first-order chi connectivity index (χ1) is 13.1. The predicted octanol–water partition coefficient (Wildman–Crippen LogP) is 3.59. The lowest BCUT2D eigenvalue weighted by molar-refractivity contribution is 0.294. The third kappa shape index (κ3) is 4.04. The van der Waals surface area contributed by atoms with Crippen LogP contribution in [0.2, 0.25) is 0 Å². The van der Waals surface area contributed by atoms with Gasteiger partial charge in [-0.3, -0.25) is 9.89 Å². The number of rotatable bonds is 6. The van der Waals surface area contributed by atoms with Crippen molar-refractivity contribution in [3.05, 3.63) is 62.8 Å². The molecule has 0 bridgehead atoms. The van der Waals surface area contributed by atoms with Gasteiger partial charge in [0, 0.05) is 0 Å². The maximum Gasteiger partial charge on any atom is 0.268 e. The summed E-state index contributed by atoms with van der Waals surface area (Å²) in [7, 11) is 0. The summed E-state index contributed by atoms with van der Waals surface area (Å²) in [5, 5.41) is 9.52. The minimum Gasteiger partial charge on any atom is -0.485 e. The summed E-state index contributed by atoms with van der Waals surface area (Å²) in [5.41, 5.74) is 2.84. The number of aromatic amines is 2. The van der Waals surface area contributed by atoms with Crippen molar-refractivity contribution in [2.24, 2.45) is 0 Å². The third-order valence-corrected chi connectivity index (χ3v) is 5.68. The Balaban J connectivity index is 1.39. The fourth-order valence-corrected chi connectivity index (χ4v) is 3.95. The van der Waals surface area contributed by atoms with E-state index < -0.39 is 0 Å². The zero-order chi connectivity index (χ0) is 18.8. The van der Waals surface area contributed by atoms with E-state index >= 15 is 0 Å². The van der Waals surface area contributed by atoms with Gasteiger partial charge in [0.15, 0.2) is 5.82 Å². The number of aromatic nitrogens is 5. The van der Waals surface area contributed by atoms with Crippen LogP contribution in [0.25, 0.3) is 10.2 Å². The van der Waals surface area contributed by atoms with Crippen molar-refractivity contribution in [3.8, 4) is 5.75 Å². The quantitative estimate of drug-likeness (QED) is 0.481. The van der Waals surface area contributed by atoms with E-state index in [1.54, 1.807) is 0 Å². The molecule has 0 fully saturated rings. The van der Waals surface area contributed by atoms with Crippen molar-refractivity contribution in [3.63, 3.8) is 0 Å². The molecule has 0 aliphatic heterocycles. The van der Waals surface area contributed by atoms with Crippen LogP contribution in [0.4, 0.5) is 0 Å². The van der Waals surface area contributed by atoms with Gasteiger partial charge in [0.2, 0.25) is 5.16 Å². The van der Waals surface area contributed by atoms with Crippen molar-refractivity contribution >= 4 is 33.3 Å². The molecule has 3 heterocycles. The number of nitrogens with zero attached hydrogens (tertiary/aromatic N) is 3. The molecule has 0 saturated heterocycles. The van der Waals surface area contributed by atoms with Crippen LogP contribution >= 0.6 is 23.1 Å². The molecule has 0 aliphatic carbocycles. The van der Waals surface area contributed by atoms with Gasteiger partial charge in [-0.15, -0.1) is 16.4 Å². The van der Waals surface area contributed by atoms with Gasteiger partial charge < -0.3 is 9.72 Å². The number of aryl methyl sites for hydroxylation is 2. The van der Waals surface area contributed by atoms with Crippen LogP contribution in [-0.4, -0.2) is 25.1 Å². The summed E-state index contributed by atoms with van der Waals surface area (Å²) in [5.74, 6) is 2.57. The molecule has 0 unspecified atom stereocenters. The summed E-state index contributed by atoms with van der Waals surface area (Å²) >= 11 is 2.79. The molecule has 4 rings (SSSR count). The average molecular weight is 400 g/mol. The molecule has 0 atom stereocenters. The molecule has 4 aromatic rings. The topological polar surface area (TPSA) is 96.6 Å². The normalized spacial score (nSPS) is 11.2. The molecule has 3 aromatic heterocycles. The average Bonchev–Trinajstić information content (AvgIpc) is 3.30. The van der Waals surface area contributed by atoms with Crippen LogP contribution in [0, 0.1) is 13.8 Å². The Morgan fingerprint density at radius 1 is 1.19 bits per heavy atom. The van der Waals surface area contributed by atoms with Gasteiger partial charge in [0.25, 0.3) is 5.56 Å². The van der Waals surface area contributed by atoms with Crippen LogP contribution in [0.15, 0.2) is 39.6 Å². The van der Waals surface area contributed by atoms with E-state index in [4.69, 9.17) is 4.74 Å². The number of nitrogens with one attached hydrogen (secondary N) is 2. The van der Waals surface area contributed by atoms with Crippen molar-refractivity contribution in [1.82, 2.24) is 25.1 Å². The molecular formula is C18H17N5O2S2. The zero-order valence-corrected chi connectivity index (χ0v) is 16.4. The van der Waals surface area contributed by atoms with Gasteiger partial charge in [-0.25, -0.2) is 9.97 Å². The molecule has 0 radical (unpaired) electrons. The molecule has 0 aliphatic rings. The van der Waals surface area contributed by atoms with E-state index in [2.05, 4.69) is 31.2 Å². The number of thiophene rings is 1. The van der Waals surface area contributed by atoms with E-state index in [0.29, 0.717) is 33.9 Å². The van der Waals surface area contributed by atoms with Gasteiger partial charge in [-0.05, 0) is 42.5 Å². The maximum atomic E-state index is 12.0. The Morgan fingerprint density at radius 3 is 2.96 bits per heavy atom. The monoisotopic (exact) mass is 399 g/mol. The SMILES string of the molecule is Cc1ccc(C)c(OCc2nc(SCc3nc4ccsc4c(=O)[nH]3)n[nH]2)c1. The van der Waals surface area contributed by atoms with Crippen LogP contribution in [-0.2, 0) is 12.4 Å². The second-order valence-corrected chi connectivity index (χ2v) is 7.92. The molecule has 0 saturated carbocycles. The number of H-pyrrole nitrogens is 2. The molecule has 0 spiro atoms. The summed E-state index contributed by atoms with van der Waals surface area (Å²) in [6.45, 7) is 4.35. The lowest BCUT2D eigenvalue weighted by Gasteiger charge is -2.08. The maximum absolute atomic E-state index is 12.0. The molecule has 9 heteroatoms. The highest BCUT2D eigenvalue weighted by Crippen LogP contribution is 2.21. The van der Waals surface area contributed by atoms with Crippen LogP contribution < -0.4 is 10.3 Å². The summed E-state index contributed by atoms with van der Waals surface area (Å²) in [6.07, 6.45) is 0. The lowest BCUT2D eigenvalue weighted by Crippen LogP contribution is -2.09. The van der Waals surface area contributed by atoms with Crippen molar-refractivity contribution in [2.75, 3.05) is 0 Å². The number of hydrogen-bond acceptors (Lipinski definition) is 7. The Labute approximate surface area is 163 Å². The summed E-state index contributed by atoms with van der Waals surface area (Å²) in [6, 6.07) is 7.94. The number of thioether (sulfide) groups is 1. The standard InChI is InChI=1S/C18H17N5O2S2/c1-10-3-4-11(2)13(7-10)25-8-14-21-18(23-22-14)27-9-15-19-12-5-6-26-16(12)17(24)20-15/h3-7H,8-9H2,1-2H3,(H,19,20,24)(H,21,22,23). The Bertz CT molecular complexity index is 1150. The Kier molecular flexibility index (Phi) is 4.95. The van der Waals surface area contributed by atoms with E-state index in [9.17, 15) is 4.79 Å².